The molecule has 7 nitrogen and oxygen atoms in total. The summed E-state index contributed by atoms with van der Waals surface area (Å²) in [6.45, 7) is -0.933. The van der Waals surface area contributed by atoms with E-state index in [-0.39, 0.29) is 18.6 Å². The van der Waals surface area contributed by atoms with Gasteiger partial charge in [0.25, 0.3) is 0 Å². The summed E-state index contributed by atoms with van der Waals surface area (Å²) >= 11 is 0. The lowest BCUT2D eigenvalue weighted by Crippen LogP contribution is -2.46. The van der Waals surface area contributed by atoms with Crippen molar-refractivity contribution in [3.05, 3.63) is 46.0 Å². The Morgan fingerprint density at radius 3 is 2.39 bits per heavy atom. The third-order valence-electron chi connectivity index (χ3n) is 2.42. The molecule has 0 radical (unpaired) electrons. The van der Waals surface area contributed by atoms with Crippen LogP contribution in [-0.2, 0) is 0 Å². The number of nitrogens with zero attached hydrogens (tertiary/aromatic N) is 2. The number of aliphatic hydroxyl groups is 2. The number of benzene rings is 1. The van der Waals surface area contributed by atoms with E-state index in [0.717, 1.165) is 0 Å². The number of hydrogen-bond acceptors (Lipinski definition) is 5. The highest BCUT2D eigenvalue weighted by Gasteiger charge is 2.33. The molecule has 0 aliphatic carbocycles. The molecule has 1 amide bonds. The van der Waals surface area contributed by atoms with Crippen molar-refractivity contribution in [2.45, 2.75) is 12.5 Å². The van der Waals surface area contributed by atoms with Crippen LogP contribution in [0.2, 0.25) is 0 Å². The first-order valence-corrected chi connectivity index (χ1v) is 5.36. The SMILES string of the molecule is O=C(c1ccccc1)N(C(CO)CCO)[N+](=O)[O-]. The predicted molar refractivity (Wildman–Crippen MR) is 62.2 cm³/mol. The summed E-state index contributed by atoms with van der Waals surface area (Å²) in [7, 11) is 0. The Hall–Kier alpha value is -1.99. The number of hydrogen-bond donors (Lipinski definition) is 2. The van der Waals surface area contributed by atoms with E-state index < -0.39 is 23.6 Å². The van der Waals surface area contributed by atoms with Gasteiger partial charge in [0.05, 0.1) is 6.61 Å². The molecule has 1 aromatic rings. The molecule has 0 aromatic heterocycles. The van der Waals surface area contributed by atoms with Crippen LogP contribution >= 0.6 is 0 Å². The van der Waals surface area contributed by atoms with Crippen LogP contribution in [0.25, 0.3) is 0 Å². The van der Waals surface area contributed by atoms with Gasteiger partial charge in [-0.1, -0.05) is 18.2 Å². The molecular formula is C11H14N2O5. The van der Waals surface area contributed by atoms with Gasteiger partial charge in [0.1, 0.15) is 6.04 Å². The second-order valence-electron chi connectivity index (χ2n) is 3.60. The zero-order chi connectivity index (χ0) is 13.5. The van der Waals surface area contributed by atoms with Crippen molar-refractivity contribution in [3.8, 4) is 0 Å². The van der Waals surface area contributed by atoms with Crippen LogP contribution in [0, 0.1) is 10.1 Å². The molecule has 1 rings (SSSR count). The number of amides is 1. The van der Waals surface area contributed by atoms with Crippen molar-refractivity contribution < 1.29 is 20.0 Å². The summed E-state index contributed by atoms with van der Waals surface area (Å²) in [5.41, 5.74) is 0.158. The molecule has 0 aliphatic heterocycles. The van der Waals surface area contributed by atoms with E-state index in [1.54, 1.807) is 18.2 Å². The van der Waals surface area contributed by atoms with E-state index in [1.807, 2.05) is 0 Å². The van der Waals surface area contributed by atoms with Crippen LogP contribution in [-0.4, -0.2) is 45.4 Å². The highest BCUT2D eigenvalue weighted by atomic mass is 16.7. The average Bonchev–Trinajstić information content (AvgIpc) is 2.38. The summed E-state index contributed by atoms with van der Waals surface area (Å²) < 4.78 is 0. The molecule has 1 unspecified atom stereocenters. The Kier molecular flexibility index (Phi) is 5.22. The monoisotopic (exact) mass is 254 g/mol. The molecular weight excluding hydrogens is 240 g/mol. The molecule has 1 atom stereocenters. The predicted octanol–water partition coefficient (Wildman–Crippen LogP) is 0.0638. The maximum Gasteiger partial charge on any atom is 0.314 e. The zero-order valence-corrected chi connectivity index (χ0v) is 9.60. The lowest BCUT2D eigenvalue weighted by Gasteiger charge is -2.20. The molecule has 0 heterocycles. The first kappa shape index (κ1) is 14.1. The fourth-order valence-corrected chi connectivity index (χ4v) is 1.53. The molecule has 0 bridgehead atoms. The normalized spacial score (nSPS) is 11.9. The van der Waals surface area contributed by atoms with Gasteiger partial charge >= 0.3 is 5.91 Å². The van der Waals surface area contributed by atoms with Crippen molar-refractivity contribution in [1.29, 1.82) is 0 Å². The van der Waals surface area contributed by atoms with Crippen LogP contribution < -0.4 is 0 Å². The molecule has 0 spiro atoms. The number of carbonyl (C=O) groups excluding carboxylic acids is 1. The third kappa shape index (κ3) is 3.25. The number of carbonyl (C=O) groups is 1. The summed E-state index contributed by atoms with van der Waals surface area (Å²) in [5.74, 6) is -0.812. The summed E-state index contributed by atoms with van der Waals surface area (Å²) in [4.78, 5) is 22.9. The molecule has 0 aliphatic rings. The third-order valence-corrected chi connectivity index (χ3v) is 2.42. The minimum Gasteiger partial charge on any atom is -0.396 e. The average molecular weight is 254 g/mol. The Morgan fingerprint density at radius 2 is 1.94 bits per heavy atom. The van der Waals surface area contributed by atoms with E-state index >= 15 is 0 Å². The quantitative estimate of drug-likeness (QED) is 0.552. The van der Waals surface area contributed by atoms with E-state index in [4.69, 9.17) is 10.2 Å². The first-order chi connectivity index (χ1) is 8.61. The molecule has 0 saturated carbocycles. The topological polar surface area (TPSA) is 104 Å². The van der Waals surface area contributed by atoms with Gasteiger partial charge in [-0.3, -0.25) is 4.79 Å². The highest BCUT2D eigenvalue weighted by Crippen LogP contribution is 2.11. The Labute approximate surface area is 103 Å². The van der Waals surface area contributed by atoms with E-state index in [2.05, 4.69) is 0 Å². The van der Waals surface area contributed by atoms with E-state index in [0.29, 0.717) is 5.01 Å². The van der Waals surface area contributed by atoms with Gasteiger partial charge in [0.15, 0.2) is 5.03 Å². The van der Waals surface area contributed by atoms with E-state index in [9.17, 15) is 14.9 Å². The van der Waals surface area contributed by atoms with Crippen LogP contribution in [0.15, 0.2) is 30.3 Å². The molecule has 0 fully saturated rings. The van der Waals surface area contributed by atoms with Crippen molar-refractivity contribution in [1.82, 2.24) is 5.01 Å². The van der Waals surface area contributed by atoms with Crippen molar-refractivity contribution in [3.63, 3.8) is 0 Å². The van der Waals surface area contributed by atoms with Crippen LogP contribution in [0.5, 0.6) is 0 Å². The van der Waals surface area contributed by atoms with Gasteiger partial charge in [-0.15, -0.1) is 0 Å². The molecule has 18 heavy (non-hydrogen) atoms. The number of rotatable bonds is 6. The summed E-state index contributed by atoms with van der Waals surface area (Å²) in [6.07, 6.45) is -0.0595. The van der Waals surface area contributed by atoms with Crippen LogP contribution in [0.4, 0.5) is 0 Å². The smallest absolute Gasteiger partial charge is 0.314 e. The lowest BCUT2D eigenvalue weighted by atomic mass is 10.1. The molecule has 7 heteroatoms. The van der Waals surface area contributed by atoms with Crippen molar-refractivity contribution >= 4 is 5.91 Å². The molecule has 1 aromatic carbocycles. The number of nitro groups is 1. The zero-order valence-electron chi connectivity index (χ0n) is 9.60. The van der Waals surface area contributed by atoms with Crippen molar-refractivity contribution in [2.75, 3.05) is 13.2 Å². The summed E-state index contributed by atoms with van der Waals surface area (Å²) in [6, 6.07) is 6.72. The van der Waals surface area contributed by atoms with Gasteiger partial charge in [-0.2, -0.15) is 0 Å². The highest BCUT2D eigenvalue weighted by molar-refractivity contribution is 5.93. The van der Waals surface area contributed by atoms with Gasteiger partial charge in [0.2, 0.25) is 0 Å². The van der Waals surface area contributed by atoms with Crippen LogP contribution in [0.3, 0.4) is 0 Å². The number of aliphatic hydroxyl groups excluding tert-OH is 2. The Morgan fingerprint density at radius 1 is 1.33 bits per heavy atom. The fraction of sp³-hybridized carbons (Fsp3) is 0.364. The Balaban J connectivity index is 2.98. The van der Waals surface area contributed by atoms with E-state index in [1.165, 1.54) is 12.1 Å². The lowest BCUT2D eigenvalue weighted by molar-refractivity contribution is -0.641. The van der Waals surface area contributed by atoms with Crippen LogP contribution in [0.1, 0.15) is 16.8 Å². The minimum absolute atomic E-state index is 0.0595. The molecule has 0 saturated heterocycles. The minimum atomic E-state index is -1.04. The largest absolute Gasteiger partial charge is 0.396 e. The maximum atomic E-state index is 12.0. The fourth-order valence-electron chi connectivity index (χ4n) is 1.53. The van der Waals surface area contributed by atoms with Gasteiger partial charge in [-0.05, 0) is 23.6 Å². The maximum absolute atomic E-state index is 12.0. The number of hydrazine groups is 1. The molecule has 2 N–H and O–H groups in total. The molecule has 98 valence electrons. The first-order valence-electron chi connectivity index (χ1n) is 5.36. The Bertz CT molecular complexity index is 409. The second-order valence-corrected chi connectivity index (χ2v) is 3.60. The van der Waals surface area contributed by atoms with Gasteiger partial charge in [-0.25, -0.2) is 10.1 Å². The summed E-state index contributed by atoms with van der Waals surface area (Å²) in [5, 5.41) is 28.2. The van der Waals surface area contributed by atoms with Gasteiger partial charge in [0, 0.05) is 12.2 Å². The standard InChI is InChI=1S/C11H14N2O5/c14-7-6-10(8-15)12(13(17)18)11(16)9-4-2-1-3-5-9/h1-5,10,14-15H,6-8H2. The van der Waals surface area contributed by atoms with Crippen molar-refractivity contribution in [2.24, 2.45) is 0 Å². The second kappa shape index (κ2) is 6.67. The van der Waals surface area contributed by atoms with Gasteiger partial charge < -0.3 is 10.2 Å².